The maximum atomic E-state index is 12.4. The largest absolute Gasteiger partial charge is 0.371 e. The van der Waals surface area contributed by atoms with Crippen molar-refractivity contribution in [3.63, 3.8) is 0 Å². The average molecular weight is 333 g/mol. The van der Waals surface area contributed by atoms with Gasteiger partial charge < -0.3 is 9.64 Å². The third-order valence-corrected chi connectivity index (χ3v) is 5.51. The van der Waals surface area contributed by atoms with Crippen LogP contribution >= 0.6 is 11.3 Å². The first kappa shape index (κ1) is 16.2. The molecule has 0 fully saturated rings. The number of amides is 1. The fraction of sp³-hybridized carbons (Fsp3) is 0.529. The number of aromatic amines is 1. The van der Waals surface area contributed by atoms with Crippen LogP contribution in [-0.4, -0.2) is 41.2 Å². The van der Waals surface area contributed by atoms with E-state index in [0.717, 1.165) is 36.4 Å². The Morgan fingerprint density at radius 3 is 3.09 bits per heavy atom. The van der Waals surface area contributed by atoms with E-state index in [1.807, 2.05) is 20.9 Å². The van der Waals surface area contributed by atoms with Gasteiger partial charge in [0.1, 0.15) is 6.10 Å². The summed E-state index contributed by atoms with van der Waals surface area (Å²) in [4.78, 5) is 15.6. The van der Waals surface area contributed by atoms with Crippen molar-refractivity contribution in [3.8, 4) is 0 Å². The van der Waals surface area contributed by atoms with Gasteiger partial charge in [0.05, 0.1) is 18.8 Å². The summed E-state index contributed by atoms with van der Waals surface area (Å²) < 4.78 is 5.87. The Bertz CT molecular complexity index is 672. The van der Waals surface area contributed by atoms with Gasteiger partial charge in [-0.1, -0.05) is 0 Å². The second-order valence-electron chi connectivity index (χ2n) is 6.10. The molecule has 1 aliphatic heterocycles. The van der Waals surface area contributed by atoms with Crippen LogP contribution in [0.3, 0.4) is 0 Å². The molecule has 2 aromatic rings. The summed E-state index contributed by atoms with van der Waals surface area (Å²) in [5, 5.41) is 9.26. The van der Waals surface area contributed by atoms with Crippen molar-refractivity contribution in [1.29, 1.82) is 0 Å². The zero-order valence-corrected chi connectivity index (χ0v) is 14.7. The van der Waals surface area contributed by atoms with E-state index in [4.69, 9.17) is 4.74 Å². The molecular formula is C17H23N3O2S. The van der Waals surface area contributed by atoms with E-state index >= 15 is 0 Å². The molecule has 2 aromatic heterocycles. The Morgan fingerprint density at radius 1 is 1.52 bits per heavy atom. The lowest BCUT2D eigenvalue weighted by Crippen LogP contribution is -2.33. The van der Waals surface area contributed by atoms with Crippen LogP contribution in [0.15, 0.2) is 11.4 Å². The smallest absolute Gasteiger partial charge is 0.222 e. The number of hydrogen-bond donors (Lipinski definition) is 1. The lowest BCUT2D eigenvalue weighted by atomic mass is 10.1. The minimum atomic E-state index is 0.0105. The quantitative estimate of drug-likeness (QED) is 0.915. The molecule has 0 saturated heterocycles. The van der Waals surface area contributed by atoms with Gasteiger partial charge >= 0.3 is 0 Å². The number of thiophene rings is 1. The zero-order chi connectivity index (χ0) is 16.4. The molecule has 0 saturated carbocycles. The Labute approximate surface area is 140 Å². The van der Waals surface area contributed by atoms with Crippen LogP contribution in [0, 0.1) is 13.8 Å². The van der Waals surface area contributed by atoms with Gasteiger partial charge in [0.2, 0.25) is 5.91 Å². The summed E-state index contributed by atoms with van der Waals surface area (Å²) in [6.45, 7) is 5.33. The van der Waals surface area contributed by atoms with Crippen molar-refractivity contribution in [2.24, 2.45) is 0 Å². The van der Waals surface area contributed by atoms with Crippen LogP contribution < -0.4 is 0 Å². The number of H-pyrrole nitrogens is 1. The SMILES string of the molecule is Cc1n[nH]c(C)c1CCC(=O)N(C)CC1OCCc2sccc21. The average Bonchev–Trinajstić information content (AvgIpc) is 3.13. The molecular weight excluding hydrogens is 310 g/mol. The normalized spacial score (nSPS) is 17.1. The topological polar surface area (TPSA) is 58.2 Å². The first-order valence-electron chi connectivity index (χ1n) is 7.98. The number of nitrogens with one attached hydrogen (secondary N) is 1. The molecule has 1 unspecified atom stereocenters. The van der Waals surface area contributed by atoms with Crippen LogP contribution in [0.25, 0.3) is 0 Å². The third-order valence-electron chi connectivity index (χ3n) is 4.51. The summed E-state index contributed by atoms with van der Waals surface area (Å²) in [5.74, 6) is 0.149. The number of aryl methyl sites for hydroxylation is 2. The van der Waals surface area contributed by atoms with Crippen molar-refractivity contribution in [2.45, 2.75) is 39.2 Å². The molecule has 1 N–H and O–H groups in total. The van der Waals surface area contributed by atoms with Gasteiger partial charge in [0.25, 0.3) is 0 Å². The van der Waals surface area contributed by atoms with Gasteiger partial charge in [-0.05, 0) is 42.8 Å². The minimum Gasteiger partial charge on any atom is -0.371 e. The number of rotatable bonds is 5. The van der Waals surface area contributed by atoms with E-state index < -0.39 is 0 Å². The highest BCUT2D eigenvalue weighted by molar-refractivity contribution is 7.10. The number of carbonyl (C=O) groups excluding carboxylic acids is 1. The predicted octanol–water partition coefficient (Wildman–Crippen LogP) is 2.79. The summed E-state index contributed by atoms with van der Waals surface area (Å²) in [6, 6.07) is 2.13. The number of aromatic nitrogens is 2. The Kier molecular flexibility index (Phi) is 4.82. The first-order valence-corrected chi connectivity index (χ1v) is 8.86. The monoisotopic (exact) mass is 333 g/mol. The van der Waals surface area contributed by atoms with Crippen molar-refractivity contribution >= 4 is 17.2 Å². The van der Waals surface area contributed by atoms with Crippen LogP contribution in [0.2, 0.25) is 0 Å². The standard InChI is InChI=1S/C17H23N3O2S/c1-11-13(12(2)19-18-11)4-5-17(21)20(3)10-15-14-7-9-23-16(14)6-8-22-15/h7,9,15H,4-6,8,10H2,1-3H3,(H,18,19). The van der Waals surface area contributed by atoms with E-state index in [-0.39, 0.29) is 12.0 Å². The van der Waals surface area contributed by atoms with E-state index in [0.29, 0.717) is 13.0 Å². The van der Waals surface area contributed by atoms with Gasteiger partial charge in [-0.15, -0.1) is 11.3 Å². The van der Waals surface area contributed by atoms with E-state index in [9.17, 15) is 4.79 Å². The van der Waals surface area contributed by atoms with E-state index in [1.165, 1.54) is 10.4 Å². The number of ether oxygens (including phenoxy) is 1. The molecule has 3 heterocycles. The Morgan fingerprint density at radius 2 is 2.35 bits per heavy atom. The highest BCUT2D eigenvalue weighted by atomic mass is 32.1. The van der Waals surface area contributed by atoms with Crippen molar-refractivity contribution in [1.82, 2.24) is 15.1 Å². The maximum Gasteiger partial charge on any atom is 0.222 e. The molecule has 0 aliphatic carbocycles. The lowest BCUT2D eigenvalue weighted by Gasteiger charge is -2.28. The van der Waals surface area contributed by atoms with Gasteiger partial charge in [-0.25, -0.2) is 0 Å². The van der Waals surface area contributed by atoms with Crippen molar-refractivity contribution in [2.75, 3.05) is 20.2 Å². The number of likely N-dealkylation sites (N-methyl/N-ethyl adjacent to an activating group) is 1. The molecule has 0 bridgehead atoms. The Balaban J connectivity index is 1.57. The van der Waals surface area contributed by atoms with Gasteiger partial charge in [-0.3, -0.25) is 9.89 Å². The molecule has 1 amide bonds. The van der Waals surface area contributed by atoms with Crippen molar-refractivity contribution in [3.05, 3.63) is 38.8 Å². The number of fused-ring (bicyclic) bond motifs is 1. The fourth-order valence-corrected chi connectivity index (χ4v) is 4.01. The molecule has 0 radical (unpaired) electrons. The van der Waals surface area contributed by atoms with Crippen LogP contribution in [0.4, 0.5) is 0 Å². The van der Waals surface area contributed by atoms with Gasteiger partial charge in [0, 0.05) is 30.5 Å². The Hall–Kier alpha value is -1.66. The molecule has 5 nitrogen and oxygen atoms in total. The van der Waals surface area contributed by atoms with Crippen molar-refractivity contribution < 1.29 is 9.53 Å². The van der Waals surface area contributed by atoms with E-state index in [2.05, 4.69) is 21.6 Å². The minimum absolute atomic E-state index is 0.0105. The molecule has 6 heteroatoms. The molecule has 1 aliphatic rings. The molecule has 3 rings (SSSR count). The predicted molar refractivity (Wildman–Crippen MR) is 90.7 cm³/mol. The molecule has 124 valence electrons. The highest BCUT2D eigenvalue weighted by Gasteiger charge is 2.24. The molecule has 1 atom stereocenters. The molecule has 0 spiro atoms. The summed E-state index contributed by atoms with van der Waals surface area (Å²) in [5.41, 5.74) is 4.44. The summed E-state index contributed by atoms with van der Waals surface area (Å²) in [6.07, 6.45) is 2.23. The molecule has 23 heavy (non-hydrogen) atoms. The fourth-order valence-electron chi connectivity index (χ4n) is 3.09. The van der Waals surface area contributed by atoms with Crippen LogP contribution in [0.1, 0.15) is 39.9 Å². The summed E-state index contributed by atoms with van der Waals surface area (Å²) >= 11 is 1.78. The second-order valence-corrected chi connectivity index (χ2v) is 7.10. The zero-order valence-electron chi connectivity index (χ0n) is 13.9. The van der Waals surface area contributed by atoms with Gasteiger partial charge in [-0.2, -0.15) is 5.10 Å². The van der Waals surface area contributed by atoms with Crippen LogP contribution in [-0.2, 0) is 22.4 Å². The second kappa shape index (κ2) is 6.84. The number of hydrogen-bond acceptors (Lipinski definition) is 4. The van der Waals surface area contributed by atoms with Crippen LogP contribution in [0.5, 0.6) is 0 Å². The van der Waals surface area contributed by atoms with E-state index in [1.54, 1.807) is 16.2 Å². The first-order chi connectivity index (χ1) is 11.1. The number of nitrogens with zero attached hydrogens (tertiary/aromatic N) is 2. The molecule has 0 aromatic carbocycles. The highest BCUT2D eigenvalue weighted by Crippen LogP contribution is 2.31. The lowest BCUT2D eigenvalue weighted by molar-refractivity contribution is -0.131. The third kappa shape index (κ3) is 3.48. The summed E-state index contributed by atoms with van der Waals surface area (Å²) in [7, 11) is 1.86. The maximum absolute atomic E-state index is 12.4. The van der Waals surface area contributed by atoms with Gasteiger partial charge in [0.15, 0.2) is 0 Å². The number of carbonyl (C=O) groups is 1.